The minimum Gasteiger partial charge on any atom is -0.388 e. The molecule has 0 bridgehead atoms. The van der Waals surface area contributed by atoms with Gasteiger partial charge in [-0.15, -0.1) is 0 Å². The highest BCUT2D eigenvalue weighted by molar-refractivity contribution is 5.78. The summed E-state index contributed by atoms with van der Waals surface area (Å²) in [5.74, 6) is -1.97. The third kappa shape index (κ3) is 2.76. The Labute approximate surface area is 120 Å². The predicted octanol–water partition coefficient (Wildman–Crippen LogP) is 3.79. The SMILES string of the molecule is OC(Cc1ccc2ccccc2n1)c1cccc(F)c1F. The average molecular weight is 285 g/mol. The van der Waals surface area contributed by atoms with Crippen LogP contribution in [0.3, 0.4) is 0 Å². The molecule has 2 nitrogen and oxygen atoms in total. The first kappa shape index (κ1) is 13.6. The molecular formula is C17H13F2NO. The van der Waals surface area contributed by atoms with E-state index in [1.54, 1.807) is 6.07 Å². The van der Waals surface area contributed by atoms with Gasteiger partial charge in [-0.05, 0) is 18.2 Å². The highest BCUT2D eigenvalue weighted by atomic mass is 19.2. The number of hydrogen-bond acceptors (Lipinski definition) is 2. The van der Waals surface area contributed by atoms with Crippen LogP contribution in [0.5, 0.6) is 0 Å². The van der Waals surface area contributed by atoms with Gasteiger partial charge >= 0.3 is 0 Å². The molecule has 3 aromatic rings. The molecule has 0 radical (unpaired) electrons. The Morgan fingerprint density at radius 2 is 1.76 bits per heavy atom. The van der Waals surface area contributed by atoms with Crippen molar-refractivity contribution in [1.82, 2.24) is 4.98 Å². The summed E-state index contributed by atoms with van der Waals surface area (Å²) in [5, 5.41) is 11.1. The van der Waals surface area contributed by atoms with Gasteiger partial charge in [0.1, 0.15) is 0 Å². The molecule has 0 aliphatic heterocycles. The van der Waals surface area contributed by atoms with Crippen LogP contribution in [0.2, 0.25) is 0 Å². The molecule has 1 N–H and O–H groups in total. The lowest BCUT2D eigenvalue weighted by molar-refractivity contribution is 0.171. The second kappa shape index (κ2) is 5.58. The highest BCUT2D eigenvalue weighted by Gasteiger charge is 2.16. The molecule has 0 aliphatic rings. The summed E-state index contributed by atoms with van der Waals surface area (Å²) in [4.78, 5) is 4.42. The van der Waals surface area contributed by atoms with Crippen LogP contribution in [0, 0.1) is 11.6 Å². The lowest BCUT2D eigenvalue weighted by Crippen LogP contribution is -2.07. The normalized spacial score (nSPS) is 12.5. The molecule has 106 valence electrons. The fourth-order valence-electron chi connectivity index (χ4n) is 2.31. The number of benzene rings is 2. The van der Waals surface area contributed by atoms with Crippen LogP contribution in [0.15, 0.2) is 54.6 Å². The zero-order valence-corrected chi connectivity index (χ0v) is 11.1. The van der Waals surface area contributed by atoms with E-state index in [1.807, 2.05) is 30.3 Å². The molecule has 1 unspecified atom stereocenters. The van der Waals surface area contributed by atoms with Gasteiger partial charge in [-0.2, -0.15) is 0 Å². The van der Waals surface area contributed by atoms with Crippen molar-refractivity contribution in [1.29, 1.82) is 0 Å². The molecule has 1 heterocycles. The van der Waals surface area contributed by atoms with Gasteiger partial charge < -0.3 is 5.11 Å². The smallest absolute Gasteiger partial charge is 0.164 e. The fraction of sp³-hybridized carbons (Fsp3) is 0.118. The summed E-state index contributed by atoms with van der Waals surface area (Å²) < 4.78 is 26.8. The van der Waals surface area contributed by atoms with E-state index in [1.165, 1.54) is 12.1 Å². The quantitative estimate of drug-likeness (QED) is 0.794. The Morgan fingerprint density at radius 3 is 2.62 bits per heavy atom. The van der Waals surface area contributed by atoms with Crippen molar-refractivity contribution in [3.05, 3.63) is 77.5 Å². The van der Waals surface area contributed by atoms with Crippen molar-refractivity contribution in [2.45, 2.75) is 12.5 Å². The van der Waals surface area contributed by atoms with Gasteiger partial charge in [-0.25, -0.2) is 8.78 Å². The van der Waals surface area contributed by atoms with E-state index < -0.39 is 17.7 Å². The van der Waals surface area contributed by atoms with E-state index in [9.17, 15) is 13.9 Å². The summed E-state index contributed by atoms with van der Waals surface area (Å²) >= 11 is 0. The Hall–Kier alpha value is -2.33. The molecule has 3 rings (SSSR count). The van der Waals surface area contributed by atoms with Crippen molar-refractivity contribution in [3.8, 4) is 0 Å². The summed E-state index contributed by atoms with van der Waals surface area (Å²) in [6.45, 7) is 0. The van der Waals surface area contributed by atoms with E-state index in [2.05, 4.69) is 4.98 Å². The maximum atomic E-state index is 13.7. The molecule has 1 atom stereocenters. The number of aliphatic hydroxyl groups is 1. The van der Waals surface area contributed by atoms with E-state index in [-0.39, 0.29) is 12.0 Å². The predicted molar refractivity (Wildman–Crippen MR) is 76.8 cm³/mol. The Bertz CT molecular complexity index is 789. The third-order valence-corrected chi connectivity index (χ3v) is 3.40. The number of pyridine rings is 1. The lowest BCUT2D eigenvalue weighted by Gasteiger charge is -2.12. The molecule has 0 aliphatic carbocycles. The number of hydrogen-bond donors (Lipinski definition) is 1. The number of nitrogens with zero attached hydrogens (tertiary/aromatic N) is 1. The molecule has 21 heavy (non-hydrogen) atoms. The zero-order chi connectivity index (χ0) is 14.8. The van der Waals surface area contributed by atoms with Crippen LogP contribution in [-0.4, -0.2) is 10.1 Å². The Balaban J connectivity index is 1.89. The number of halogens is 2. The van der Waals surface area contributed by atoms with Crippen LogP contribution in [0.4, 0.5) is 8.78 Å². The largest absolute Gasteiger partial charge is 0.388 e. The first-order valence-electron chi connectivity index (χ1n) is 6.62. The summed E-state index contributed by atoms with van der Waals surface area (Å²) in [7, 11) is 0. The van der Waals surface area contributed by atoms with Gasteiger partial charge in [0.15, 0.2) is 11.6 Å². The molecule has 0 spiro atoms. The summed E-state index contributed by atoms with van der Waals surface area (Å²) in [5.41, 5.74) is 1.39. The summed E-state index contributed by atoms with van der Waals surface area (Å²) in [6.07, 6.45) is -1.00. The van der Waals surface area contributed by atoms with Gasteiger partial charge in [-0.3, -0.25) is 4.98 Å². The topological polar surface area (TPSA) is 33.1 Å². The number of fused-ring (bicyclic) bond motifs is 1. The van der Waals surface area contributed by atoms with Crippen LogP contribution in [0.25, 0.3) is 10.9 Å². The van der Waals surface area contributed by atoms with Crippen LogP contribution < -0.4 is 0 Å². The van der Waals surface area contributed by atoms with Crippen molar-refractivity contribution in [2.75, 3.05) is 0 Å². The average Bonchev–Trinajstić information content (AvgIpc) is 2.50. The molecule has 4 heteroatoms. The molecular weight excluding hydrogens is 272 g/mol. The van der Waals surface area contributed by atoms with Gasteiger partial charge in [0.25, 0.3) is 0 Å². The lowest BCUT2D eigenvalue weighted by atomic mass is 10.0. The number of para-hydroxylation sites is 1. The molecule has 1 aromatic heterocycles. The van der Waals surface area contributed by atoms with Crippen molar-refractivity contribution in [3.63, 3.8) is 0 Å². The Kier molecular flexibility index (Phi) is 3.62. The third-order valence-electron chi connectivity index (χ3n) is 3.40. The first-order valence-corrected chi connectivity index (χ1v) is 6.62. The van der Waals surface area contributed by atoms with Gasteiger partial charge in [0, 0.05) is 23.1 Å². The van der Waals surface area contributed by atoms with E-state index in [0.717, 1.165) is 17.0 Å². The maximum absolute atomic E-state index is 13.7. The zero-order valence-electron chi connectivity index (χ0n) is 11.1. The summed E-state index contributed by atoms with van der Waals surface area (Å²) in [6, 6.07) is 15.1. The van der Waals surface area contributed by atoms with Crippen LogP contribution >= 0.6 is 0 Å². The number of aliphatic hydroxyl groups excluding tert-OH is 1. The van der Waals surface area contributed by atoms with Gasteiger partial charge in [0.2, 0.25) is 0 Å². The van der Waals surface area contributed by atoms with Crippen LogP contribution in [0.1, 0.15) is 17.4 Å². The standard InChI is InChI=1S/C17H13F2NO/c18-14-6-3-5-13(17(14)19)16(21)10-12-9-8-11-4-1-2-7-15(11)20-12/h1-9,16,21H,10H2. The molecule has 0 amide bonds. The number of rotatable bonds is 3. The minimum absolute atomic E-state index is 0.0510. The second-order valence-electron chi connectivity index (χ2n) is 4.86. The first-order chi connectivity index (χ1) is 10.1. The van der Waals surface area contributed by atoms with E-state index in [0.29, 0.717) is 5.69 Å². The molecule has 0 saturated heterocycles. The monoisotopic (exact) mass is 285 g/mol. The molecule has 0 fully saturated rings. The van der Waals surface area contributed by atoms with Crippen molar-refractivity contribution < 1.29 is 13.9 Å². The number of aromatic nitrogens is 1. The molecule has 2 aromatic carbocycles. The fourth-order valence-corrected chi connectivity index (χ4v) is 2.31. The Morgan fingerprint density at radius 1 is 0.952 bits per heavy atom. The van der Waals surface area contributed by atoms with E-state index >= 15 is 0 Å². The van der Waals surface area contributed by atoms with Crippen LogP contribution in [-0.2, 0) is 6.42 Å². The maximum Gasteiger partial charge on any atom is 0.164 e. The van der Waals surface area contributed by atoms with E-state index in [4.69, 9.17) is 0 Å². The van der Waals surface area contributed by atoms with Gasteiger partial charge in [-0.1, -0.05) is 36.4 Å². The van der Waals surface area contributed by atoms with Crippen molar-refractivity contribution in [2.24, 2.45) is 0 Å². The van der Waals surface area contributed by atoms with Gasteiger partial charge in [0.05, 0.1) is 11.6 Å². The highest BCUT2D eigenvalue weighted by Crippen LogP contribution is 2.23. The molecule has 0 saturated carbocycles. The minimum atomic E-state index is -1.13. The second-order valence-corrected chi connectivity index (χ2v) is 4.86. The van der Waals surface area contributed by atoms with Crippen molar-refractivity contribution >= 4 is 10.9 Å².